The van der Waals surface area contributed by atoms with E-state index < -0.39 is 0 Å². The van der Waals surface area contributed by atoms with E-state index in [4.69, 9.17) is 5.73 Å². The monoisotopic (exact) mass is 467 g/mol. The van der Waals surface area contributed by atoms with Crippen LogP contribution in [0.5, 0.6) is 0 Å². The summed E-state index contributed by atoms with van der Waals surface area (Å²) < 4.78 is 0. The first-order valence-corrected chi connectivity index (χ1v) is 10.9. The van der Waals surface area contributed by atoms with E-state index in [1.807, 2.05) is 30.3 Å². The van der Waals surface area contributed by atoms with E-state index in [0.717, 1.165) is 11.1 Å². The highest BCUT2D eigenvalue weighted by Gasteiger charge is 2.11. The highest BCUT2D eigenvalue weighted by atomic mass is 16.2. The lowest BCUT2D eigenvalue weighted by atomic mass is 10.1. The fourth-order valence-corrected chi connectivity index (χ4v) is 3.27. The summed E-state index contributed by atoms with van der Waals surface area (Å²) in [5.74, 6) is 0.0666. The van der Waals surface area contributed by atoms with E-state index in [0.29, 0.717) is 40.8 Å². The molecule has 4 rings (SSSR count). The summed E-state index contributed by atoms with van der Waals surface area (Å²) >= 11 is 0. The Balaban J connectivity index is 1.38. The topological polar surface area (TPSA) is 126 Å². The fourth-order valence-electron chi connectivity index (χ4n) is 3.27. The molecule has 0 saturated heterocycles. The Hall–Kier alpha value is -4.79. The maximum atomic E-state index is 12.5. The molecular weight excluding hydrogens is 442 g/mol. The van der Waals surface area contributed by atoms with Crippen molar-refractivity contribution < 1.29 is 9.59 Å². The lowest BCUT2D eigenvalue weighted by molar-refractivity contribution is 0.0821. The lowest BCUT2D eigenvalue weighted by Crippen LogP contribution is -2.22. The normalized spacial score (nSPS) is 10.5. The number of pyridine rings is 1. The minimum Gasteiger partial charge on any atom is -0.397 e. The smallest absolute Gasteiger partial charge is 0.271 e. The summed E-state index contributed by atoms with van der Waals surface area (Å²) in [6, 6.07) is 19.6. The van der Waals surface area contributed by atoms with Gasteiger partial charge in [-0.25, -0.2) is 9.97 Å². The van der Waals surface area contributed by atoms with E-state index in [9.17, 15) is 9.59 Å². The zero-order valence-electron chi connectivity index (χ0n) is 19.4. The molecule has 0 atom stereocenters. The maximum absolute atomic E-state index is 12.5. The zero-order chi connectivity index (χ0) is 24.8. The second-order valence-electron chi connectivity index (χ2n) is 7.99. The zero-order valence-corrected chi connectivity index (χ0v) is 19.4. The molecule has 2 aromatic heterocycles. The number of para-hydroxylation sites is 2. The number of nitrogens with one attached hydrogen (secondary N) is 2. The van der Waals surface area contributed by atoms with Crippen molar-refractivity contribution in [3.8, 4) is 11.3 Å². The van der Waals surface area contributed by atoms with Gasteiger partial charge in [-0.3, -0.25) is 14.6 Å². The van der Waals surface area contributed by atoms with E-state index in [2.05, 4.69) is 25.6 Å². The van der Waals surface area contributed by atoms with Crippen LogP contribution in [0, 0.1) is 0 Å². The van der Waals surface area contributed by atoms with Crippen molar-refractivity contribution in [2.75, 3.05) is 30.5 Å². The number of amides is 2. The molecule has 9 nitrogen and oxygen atoms in total. The molecule has 0 fully saturated rings. The molecule has 0 aliphatic rings. The summed E-state index contributed by atoms with van der Waals surface area (Å²) in [5, 5.41) is 6.01. The number of hydrogen-bond acceptors (Lipinski definition) is 7. The Morgan fingerprint density at radius 2 is 1.71 bits per heavy atom. The third-order valence-electron chi connectivity index (χ3n) is 5.22. The van der Waals surface area contributed by atoms with Gasteiger partial charge in [0.05, 0.1) is 17.1 Å². The third kappa shape index (κ3) is 5.77. The van der Waals surface area contributed by atoms with E-state index in [1.165, 1.54) is 4.90 Å². The van der Waals surface area contributed by atoms with Crippen molar-refractivity contribution in [1.29, 1.82) is 0 Å². The predicted molar refractivity (Wildman–Crippen MR) is 136 cm³/mol. The van der Waals surface area contributed by atoms with Crippen LogP contribution in [0.25, 0.3) is 11.3 Å². The van der Waals surface area contributed by atoms with Gasteiger partial charge in [0, 0.05) is 44.2 Å². The molecule has 0 bridgehead atoms. The van der Waals surface area contributed by atoms with Gasteiger partial charge in [-0.1, -0.05) is 24.3 Å². The van der Waals surface area contributed by atoms with E-state index in [-0.39, 0.29) is 11.8 Å². The van der Waals surface area contributed by atoms with Gasteiger partial charge in [-0.15, -0.1) is 0 Å². The highest BCUT2D eigenvalue weighted by molar-refractivity contribution is 6.05. The average molecular weight is 468 g/mol. The highest BCUT2D eigenvalue weighted by Crippen LogP contribution is 2.19. The van der Waals surface area contributed by atoms with Crippen LogP contribution in [0.2, 0.25) is 0 Å². The number of aromatic nitrogens is 3. The fraction of sp³-hybridized carbons (Fsp3) is 0.115. The van der Waals surface area contributed by atoms with Crippen LogP contribution in [0.1, 0.15) is 26.4 Å². The quantitative estimate of drug-likeness (QED) is 0.354. The summed E-state index contributed by atoms with van der Waals surface area (Å²) in [7, 11) is 3.37. The predicted octanol–water partition coefficient (Wildman–Crippen LogP) is 3.69. The molecule has 2 amide bonds. The van der Waals surface area contributed by atoms with Crippen LogP contribution in [0.15, 0.2) is 79.1 Å². The summed E-state index contributed by atoms with van der Waals surface area (Å²) in [6.07, 6.45) is 3.28. The Morgan fingerprint density at radius 1 is 0.943 bits per heavy atom. The molecule has 0 radical (unpaired) electrons. The van der Waals surface area contributed by atoms with Gasteiger partial charge < -0.3 is 21.3 Å². The van der Waals surface area contributed by atoms with Gasteiger partial charge in [0.2, 0.25) is 5.95 Å². The Bertz CT molecular complexity index is 1340. The van der Waals surface area contributed by atoms with Gasteiger partial charge >= 0.3 is 0 Å². The number of nitrogens with zero attached hydrogens (tertiary/aromatic N) is 4. The number of anilines is 3. The number of carbonyl (C=O) groups excluding carboxylic acids is 2. The second-order valence-corrected chi connectivity index (χ2v) is 7.99. The molecule has 9 heteroatoms. The first-order valence-electron chi connectivity index (χ1n) is 10.9. The molecular formula is C26H25N7O2. The second kappa shape index (κ2) is 10.4. The third-order valence-corrected chi connectivity index (χ3v) is 5.22. The van der Waals surface area contributed by atoms with Crippen LogP contribution in [-0.2, 0) is 6.54 Å². The first-order chi connectivity index (χ1) is 16.9. The minimum atomic E-state index is -0.231. The minimum absolute atomic E-state index is 0.158. The molecule has 0 unspecified atom stereocenters. The number of rotatable bonds is 7. The van der Waals surface area contributed by atoms with Crippen molar-refractivity contribution in [3.63, 3.8) is 0 Å². The summed E-state index contributed by atoms with van der Waals surface area (Å²) in [5.41, 5.74) is 10.3. The van der Waals surface area contributed by atoms with Crippen molar-refractivity contribution in [2.45, 2.75) is 6.54 Å². The number of carbonyl (C=O) groups is 2. The number of benzene rings is 2. The van der Waals surface area contributed by atoms with Crippen molar-refractivity contribution >= 4 is 29.1 Å². The number of nitrogens with two attached hydrogens (primary N) is 1. The van der Waals surface area contributed by atoms with Crippen LogP contribution in [0.4, 0.5) is 17.3 Å². The van der Waals surface area contributed by atoms with Crippen LogP contribution in [0.3, 0.4) is 0 Å². The molecule has 4 N–H and O–H groups in total. The van der Waals surface area contributed by atoms with Gasteiger partial charge in [-0.2, -0.15) is 0 Å². The lowest BCUT2D eigenvalue weighted by Gasteiger charge is -2.10. The first kappa shape index (κ1) is 23.4. The van der Waals surface area contributed by atoms with Gasteiger partial charge in [0.15, 0.2) is 0 Å². The Kier molecular flexibility index (Phi) is 6.96. The SMILES string of the molecule is CN(C)C(=O)c1ccc(-c2ccnc(NCc3ccc(C(=O)Nc4ccccc4N)cc3)n2)cn1. The number of hydrogen-bond donors (Lipinski definition) is 3. The average Bonchev–Trinajstić information content (AvgIpc) is 2.89. The van der Waals surface area contributed by atoms with Gasteiger partial charge in [0.25, 0.3) is 11.8 Å². The molecule has 2 heterocycles. The van der Waals surface area contributed by atoms with Crippen molar-refractivity contribution in [1.82, 2.24) is 19.9 Å². The molecule has 4 aromatic rings. The maximum Gasteiger partial charge on any atom is 0.271 e. The summed E-state index contributed by atoms with van der Waals surface area (Å²) in [4.78, 5) is 39.0. The van der Waals surface area contributed by atoms with Gasteiger partial charge in [-0.05, 0) is 48.0 Å². The Morgan fingerprint density at radius 3 is 2.40 bits per heavy atom. The van der Waals surface area contributed by atoms with Crippen LogP contribution < -0.4 is 16.4 Å². The largest absolute Gasteiger partial charge is 0.397 e. The van der Waals surface area contributed by atoms with Crippen LogP contribution in [-0.4, -0.2) is 45.8 Å². The summed E-state index contributed by atoms with van der Waals surface area (Å²) in [6.45, 7) is 0.478. The molecule has 0 aliphatic heterocycles. The Labute approximate surface area is 203 Å². The molecule has 35 heavy (non-hydrogen) atoms. The van der Waals surface area contributed by atoms with Crippen molar-refractivity contribution in [3.05, 3.63) is 95.9 Å². The van der Waals surface area contributed by atoms with Crippen molar-refractivity contribution in [2.24, 2.45) is 0 Å². The van der Waals surface area contributed by atoms with E-state index in [1.54, 1.807) is 62.9 Å². The van der Waals surface area contributed by atoms with E-state index >= 15 is 0 Å². The molecule has 0 spiro atoms. The molecule has 0 saturated carbocycles. The molecule has 2 aromatic carbocycles. The number of nitrogen functional groups attached to an aromatic ring is 1. The molecule has 0 aliphatic carbocycles. The van der Waals surface area contributed by atoms with Crippen LogP contribution >= 0.6 is 0 Å². The molecule has 176 valence electrons. The standard InChI is InChI=1S/C26H25N7O2/c1-33(2)25(35)23-12-11-19(16-29-23)21-13-14-28-26(32-21)30-15-17-7-9-18(10-8-17)24(34)31-22-6-4-3-5-20(22)27/h3-14,16H,15,27H2,1-2H3,(H,31,34)(H,28,30,32). The van der Waals surface area contributed by atoms with Gasteiger partial charge in [0.1, 0.15) is 5.69 Å².